The summed E-state index contributed by atoms with van der Waals surface area (Å²) in [7, 11) is 0. The molecule has 0 aliphatic heterocycles. The SMILES string of the molecule is Cc1ccc(F)c(C(C)(C)N=C=O)c1F. The molecule has 0 N–H and O–H groups in total. The third-order valence-electron chi connectivity index (χ3n) is 2.22. The number of aryl methyl sites for hydroxylation is 1. The third kappa shape index (κ3) is 2.10. The van der Waals surface area contributed by atoms with Crippen molar-refractivity contribution in [3.8, 4) is 0 Å². The van der Waals surface area contributed by atoms with Crippen molar-refractivity contribution in [1.29, 1.82) is 0 Å². The Morgan fingerprint density at radius 1 is 1.33 bits per heavy atom. The van der Waals surface area contributed by atoms with Crippen molar-refractivity contribution in [2.45, 2.75) is 26.3 Å². The van der Waals surface area contributed by atoms with Crippen molar-refractivity contribution in [3.05, 3.63) is 34.9 Å². The van der Waals surface area contributed by atoms with Gasteiger partial charge in [-0.2, -0.15) is 4.99 Å². The highest BCUT2D eigenvalue weighted by Crippen LogP contribution is 2.30. The molecule has 4 heteroatoms. The van der Waals surface area contributed by atoms with Crippen LogP contribution in [-0.4, -0.2) is 6.08 Å². The van der Waals surface area contributed by atoms with Crippen LogP contribution in [0.15, 0.2) is 17.1 Å². The van der Waals surface area contributed by atoms with Gasteiger partial charge < -0.3 is 0 Å². The Labute approximate surface area is 86.6 Å². The summed E-state index contributed by atoms with van der Waals surface area (Å²) >= 11 is 0. The fourth-order valence-electron chi connectivity index (χ4n) is 1.39. The van der Waals surface area contributed by atoms with Crippen molar-refractivity contribution in [3.63, 3.8) is 0 Å². The van der Waals surface area contributed by atoms with Gasteiger partial charge >= 0.3 is 0 Å². The maximum Gasteiger partial charge on any atom is 0.235 e. The van der Waals surface area contributed by atoms with Crippen molar-refractivity contribution in [2.75, 3.05) is 0 Å². The van der Waals surface area contributed by atoms with Gasteiger partial charge in [0.05, 0.1) is 11.1 Å². The first-order valence-electron chi connectivity index (χ1n) is 4.44. The van der Waals surface area contributed by atoms with Gasteiger partial charge in [-0.3, -0.25) is 0 Å². The molecule has 0 aliphatic rings. The molecule has 15 heavy (non-hydrogen) atoms. The minimum Gasteiger partial charge on any atom is -0.211 e. The van der Waals surface area contributed by atoms with E-state index < -0.39 is 17.2 Å². The lowest BCUT2D eigenvalue weighted by Crippen LogP contribution is -2.18. The van der Waals surface area contributed by atoms with Crippen LogP contribution in [0.4, 0.5) is 8.78 Å². The van der Waals surface area contributed by atoms with E-state index in [-0.39, 0.29) is 5.56 Å². The summed E-state index contributed by atoms with van der Waals surface area (Å²) in [6, 6.07) is 2.50. The summed E-state index contributed by atoms with van der Waals surface area (Å²) in [5, 5.41) is 0. The summed E-state index contributed by atoms with van der Waals surface area (Å²) < 4.78 is 27.1. The number of halogens is 2. The van der Waals surface area contributed by atoms with Gasteiger partial charge in [0.25, 0.3) is 0 Å². The number of nitrogens with zero attached hydrogens (tertiary/aromatic N) is 1. The molecule has 1 aromatic rings. The lowest BCUT2D eigenvalue weighted by atomic mass is 9.92. The molecule has 0 unspecified atom stereocenters. The maximum atomic E-state index is 13.7. The molecule has 0 radical (unpaired) electrons. The molecule has 0 bridgehead atoms. The molecule has 0 heterocycles. The lowest BCUT2D eigenvalue weighted by Gasteiger charge is -2.20. The quantitative estimate of drug-likeness (QED) is 0.546. The first-order chi connectivity index (χ1) is 6.90. The topological polar surface area (TPSA) is 29.4 Å². The summed E-state index contributed by atoms with van der Waals surface area (Å²) in [6.07, 6.45) is 1.32. The van der Waals surface area contributed by atoms with Gasteiger partial charge in [-0.15, -0.1) is 0 Å². The second kappa shape index (κ2) is 3.91. The van der Waals surface area contributed by atoms with E-state index in [9.17, 15) is 13.6 Å². The van der Waals surface area contributed by atoms with Gasteiger partial charge in [-0.25, -0.2) is 13.6 Å². The second-order valence-electron chi connectivity index (χ2n) is 3.82. The Morgan fingerprint density at radius 3 is 2.47 bits per heavy atom. The molecule has 1 rings (SSSR count). The van der Waals surface area contributed by atoms with E-state index in [0.29, 0.717) is 5.56 Å². The predicted molar refractivity (Wildman–Crippen MR) is 52.2 cm³/mol. The smallest absolute Gasteiger partial charge is 0.211 e. The van der Waals surface area contributed by atoms with Gasteiger partial charge in [0, 0.05) is 0 Å². The van der Waals surface area contributed by atoms with Crippen LogP contribution in [-0.2, 0) is 10.3 Å². The Balaban J connectivity index is 3.48. The van der Waals surface area contributed by atoms with Crippen LogP contribution in [0.5, 0.6) is 0 Å². The standard InChI is InChI=1S/C11H11F2NO/c1-7-4-5-8(12)9(10(7)13)11(2,3)14-6-15/h4-5H,1-3H3. The predicted octanol–water partition coefficient (Wildman–Crippen LogP) is 2.84. The molecule has 2 nitrogen and oxygen atoms in total. The van der Waals surface area contributed by atoms with Gasteiger partial charge in [-0.05, 0) is 32.4 Å². The summed E-state index contributed by atoms with van der Waals surface area (Å²) in [4.78, 5) is 13.6. The van der Waals surface area contributed by atoms with Crippen molar-refractivity contribution in [2.24, 2.45) is 4.99 Å². The van der Waals surface area contributed by atoms with Crippen LogP contribution in [0.2, 0.25) is 0 Å². The van der Waals surface area contributed by atoms with Crippen molar-refractivity contribution >= 4 is 6.08 Å². The Hall–Kier alpha value is -1.54. The van der Waals surface area contributed by atoms with Crippen molar-refractivity contribution < 1.29 is 13.6 Å². The Kier molecular flexibility index (Phi) is 3.01. The zero-order valence-electron chi connectivity index (χ0n) is 8.77. The number of carbonyl (C=O) groups excluding carboxylic acids is 1. The zero-order chi connectivity index (χ0) is 11.6. The maximum absolute atomic E-state index is 13.7. The summed E-state index contributed by atoms with van der Waals surface area (Å²) in [5.41, 5.74) is -1.12. The highest BCUT2D eigenvalue weighted by atomic mass is 19.1. The molecule has 0 aliphatic carbocycles. The molecule has 0 saturated carbocycles. The van der Waals surface area contributed by atoms with Gasteiger partial charge in [0.1, 0.15) is 11.6 Å². The van der Waals surface area contributed by atoms with E-state index in [2.05, 4.69) is 4.99 Å². The van der Waals surface area contributed by atoms with E-state index in [4.69, 9.17) is 0 Å². The molecule has 0 fully saturated rings. The van der Waals surface area contributed by atoms with E-state index in [0.717, 1.165) is 6.07 Å². The highest BCUT2D eigenvalue weighted by Gasteiger charge is 2.28. The number of isocyanates is 1. The number of benzene rings is 1. The van der Waals surface area contributed by atoms with E-state index >= 15 is 0 Å². The lowest BCUT2D eigenvalue weighted by molar-refractivity contribution is 0.453. The number of hydrogen-bond donors (Lipinski definition) is 0. The monoisotopic (exact) mass is 211 g/mol. The molecule has 0 saturated heterocycles. The molecular formula is C11H11F2NO. The van der Waals surface area contributed by atoms with Gasteiger partial charge in [0.2, 0.25) is 6.08 Å². The first-order valence-corrected chi connectivity index (χ1v) is 4.44. The molecule has 1 aromatic carbocycles. The van der Waals surface area contributed by atoms with Crippen molar-refractivity contribution in [1.82, 2.24) is 0 Å². The summed E-state index contributed by atoms with van der Waals surface area (Å²) in [5.74, 6) is -1.37. The molecule has 80 valence electrons. The minimum absolute atomic E-state index is 0.203. The van der Waals surface area contributed by atoms with Crippen LogP contribution in [0.1, 0.15) is 25.0 Å². The van der Waals surface area contributed by atoms with Crippen LogP contribution in [0.3, 0.4) is 0 Å². The summed E-state index contributed by atoms with van der Waals surface area (Å²) in [6.45, 7) is 4.44. The molecular weight excluding hydrogens is 200 g/mol. The third-order valence-corrected chi connectivity index (χ3v) is 2.22. The van der Waals surface area contributed by atoms with Gasteiger partial charge in [0.15, 0.2) is 0 Å². The van der Waals surface area contributed by atoms with E-state index in [1.54, 1.807) is 0 Å². The fraction of sp³-hybridized carbons (Fsp3) is 0.364. The number of aliphatic imine (C=N–C) groups is 1. The molecule has 0 amide bonds. The minimum atomic E-state index is -1.23. The normalized spacial score (nSPS) is 11.0. The Morgan fingerprint density at radius 2 is 1.93 bits per heavy atom. The highest BCUT2D eigenvalue weighted by molar-refractivity contribution is 5.39. The molecule has 0 aromatic heterocycles. The number of hydrogen-bond acceptors (Lipinski definition) is 2. The zero-order valence-corrected chi connectivity index (χ0v) is 8.77. The van der Waals surface area contributed by atoms with Crippen LogP contribution in [0.25, 0.3) is 0 Å². The average Bonchev–Trinajstić information content (AvgIpc) is 2.11. The number of rotatable bonds is 2. The van der Waals surface area contributed by atoms with Gasteiger partial charge in [-0.1, -0.05) is 6.07 Å². The van der Waals surface area contributed by atoms with Crippen LogP contribution >= 0.6 is 0 Å². The fourth-order valence-corrected chi connectivity index (χ4v) is 1.39. The van der Waals surface area contributed by atoms with Crippen LogP contribution < -0.4 is 0 Å². The first kappa shape index (κ1) is 11.5. The largest absolute Gasteiger partial charge is 0.235 e. The van der Waals surface area contributed by atoms with Crippen LogP contribution in [0, 0.1) is 18.6 Å². The molecule has 0 atom stereocenters. The van der Waals surface area contributed by atoms with E-state index in [1.807, 2.05) is 0 Å². The van der Waals surface area contributed by atoms with E-state index in [1.165, 1.54) is 32.9 Å². The average molecular weight is 211 g/mol. The Bertz CT molecular complexity index is 434. The molecule has 0 spiro atoms. The second-order valence-corrected chi connectivity index (χ2v) is 3.82.